The van der Waals surface area contributed by atoms with Crippen LogP contribution in [-0.2, 0) is 11.4 Å². The van der Waals surface area contributed by atoms with Crippen molar-refractivity contribution >= 4 is 50.5 Å². The van der Waals surface area contributed by atoms with E-state index in [2.05, 4.69) is 18.2 Å². The Morgan fingerprint density at radius 1 is 0.732 bits per heavy atom. The molecule has 2 amide bonds. The molecule has 1 aliphatic heterocycles. The molecular formula is C34H27NO5S. The summed E-state index contributed by atoms with van der Waals surface area (Å²) >= 11 is 0.911. The van der Waals surface area contributed by atoms with Gasteiger partial charge in [-0.1, -0.05) is 91.0 Å². The van der Waals surface area contributed by atoms with Crippen LogP contribution in [0.3, 0.4) is 0 Å². The SMILES string of the molecule is COc1cccc(/C=C2\SC(=O)N(CCOc3cccc4ccccc34)C2=O)c1OCc1cccc2ccccc12. The minimum atomic E-state index is -0.357. The number of imide groups is 1. The lowest BCUT2D eigenvalue weighted by Gasteiger charge is -2.15. The van der Waals surface area contributed by atoms with Crippen LogP contribution in [0.2, 0.25) is 0 Å². The summed E-state index contributed by atoms with van der Waals surface area (Å²) in [6.07, 6.45) is 1.69. The number of hydrogen-bond acceptors (Lipinski definition) is 6. The quantitative estimate of drug-likeness (QED) is 0.172. The van der Waals surface area contributed by atoms with Gasteiger partial charge in [0.2, 0.25) is 0 Å². The monoisotopic (exact) mass is 561 g/mol. The molecule has 6 nitrogen and oxygen atoms in total. The second kappa shape index (κ2) is 11.8. The number of para-hydroxylation sites is 1. The summed E-state index contributed by atoms with van der Waals surface area (Å²) in [5.74, 6) is 1.41. The number of nitrogens with zero attached hydrogens (tertiary/aromatic N) is 1. The Morgan fingerprint density at radius 2 is 1.39 bits per heavy atom. The van der Waals surface area contributed by atoms with Gasteiger partial charge in [-0.2, -0.15) is 0 Å². The molecule has 1 heterocycles. The topological polar surface area (TPSA) is 65.1 Å². The van der Waals surface area contributed by atoms with E-state index in [1.54, 1.807) is 13.2 Å². The molecule has 0 bridgehead atoms. The molecule has 1 fully saturated rings. The molecule has 1 saturated heterocycles. The molecule has 0 atom stereocenters. The molecule has 6 rings (SSSR count). The van der Waals surface area contributed by atoms with E-state index in [-0.39, 0.29) is 24.3 Å². The lowest BCUT2D eigenvalue weighted by Crippen LogP contribution is -2.32. The minimum Gasteiger partial charge on any atom is -0.493 e. The number of rotatable bonds is 9. The van der Waals surface area contributed by atoms with Crippen molar-refractivity contribution in [1.82, 2.24) is 4.90 Å². The Hall–Kier alpha value is -4.75. The van der Waals surface area contributed by atoms with Crippen molar-refractivity contribution in [3.63, 3.8) is 0 Å². The first-order valence-electron chi connectivity index (χ1n) is 13.2. The third-order valence-corrected chi connectivity index (χ3v) is 7.87. The number of amides is 2. The zero-order chi connectivity index (χ0) is 28.2. The Bertz CT molecular complexity index is 1790. The highest BCUT2D eigenvalue weighted by atomic mass is 32.2. The van der Waals surface area contributed by atoms with Crippen LogP contribution >= 0.6 is 11.8 Å². The van der Waals surface area contributed by atoms with E-state index in [0.29, 0.717) is 28.6 Å². The van der Waals surface area contributed by atoms with Crippen molar-refractivity contribution in [2.45, 2.75) is 6.61 Å². The molecule has 5 aromatic carbocycles. The highest BCUT2D eigenvalue weighted by Crippen LogP contribution is 2.38. The van der Waals surface area contributed by atoms with E-state index in [1.807, 2.05) is 84.9 Å². The van der Waals surface area contributed by atoms with Crippen molar-refractivity contribution in [2.75, 3.05) is 20.3 Å². The van der Waals surface area contributed by atoms with Crippen molar-refractivity contribution in [1.29, 1.82) is 0 Å². The average molecular weight is 562 g/mol. The van der Waals surface area contributed by atoms with Crippen LogP contribution < -0.4 is 14.2 Å². The van der Waals surface area contributed by atoms with Crippen molar-refractivity contribution < 1.29 is 23.8 Å². The fraction of sp³-hybridized carbons (Fsp3) is 0.118. The van der Waals surface area contributed by atoms with E-state index in [0.717, 1.165) is 44.6 Å². The van der Waals surface area contributed by atoms with Gasteiger partial charge in [-0.3, -0.25) is 14.5 Å². The van der Waals surface area contributed by atoms with Gasteiger partial charge >= 0.3 is 0 Å². The zero-order valence-electron chi connectivity index (χ0n) is 22.4. The maximum atomic E-state index is 13.3. The smallest absolute Gasteiger partial charge is 0.293 e. The Balaban J connectivity index is 1.19. The average Bonchev–Trinajstić information content (AvgIpc) is 3.27. The molecule has 204 valence electrons. The minimum absolute atomic E-state index is 0.147. The highest BCUT2D eigenvalue weighted by molar-refractivity contribution is 8.18. The fourth-order valence-corrected chi connectivity index (χ4v) is 5.79. The second-order valence-electron chi connectivity index (χ2n) is 9.46. The number of methoxy groups -OCH3 is 1. The van der Waals surface area contributed by atoms with Gasteiger partial charge in [-0.25, -0.2) is 0 Å². The number of thioether (sulfide) groups is 1. The highest BCUT2D eigenvalue weighted by Gasteiger charge is 2.35. The first-order chi connectivity index (χ1) is 20.1. The maximum Gasteiger partial charge on any atom is 0.293 e. The summed E-state index contributed by atoms with van der Waals surface area (Å²) in [6.45, 7) is 0.654. The number of carbonyl (C=O) groups excluding carboxylic acids is 2. The second-order valence-corrected chi connectivity index (χ2v) is 10.5. The number of hydrogen-bond donors (Lipinski definition) is 0. The van der Waals surface area contributed by atoms with E-state index in [4.69, 9.17) is 14.2 Å². The van der Waals surface area contributed by atoms with E-state index >= 15 is 0 Å². The van der Waals surface area contributed by atoms with Gasteiger partial charge in [0.25, 0.3) is 11.1 Å². The van der Waals surface area contributed by atoms with Gasteiger partial charge in [0.05, 0.1) is 18.6 Å². The maximum absolute atomic E-state index is 13.3. The summed E-state index contributed by atoms with van der Waals surface area (Å²) < 4.78 is 17.8. The molecule has 0 unspecified atom stereocenters. The molecule has 0 N–H and O–H groups in total. The normalized spacial score (nSPS) is 14.3. The Labute approximate surface area is 242 Å². The van der Waals surface area contributed by atoms with Crippen LogP contribution in [-0.4, -0.2) is 36.3 Å². The largest absolute Gasteiger partial charge is 0.493 e. The van der Waals surface area contributed by atoms with Crippen LogP contribution in [0.15, 0.2) is 108 Å². The van der Waals surface area contributed by atoms with Gasteiger partial charge in [0.1, 0.15) is 19.0 Å². The van der Waals surface area contributed by atoms with Crippen LogP contribution in [0.25, 0.3) is 27.6 Å². The van der Waals surface area contributed by atoms with Gasteiger partial charge in [-0.05, 0) is 51.7 Å². The van der Waals surface area contributed by atoms with E-state index in [1.165, 1.54) is 4.90 Å². The third kappa shape index (κ3) is 5.49. The summed E-state index contributed by atoms with van der Waals surface area (Å²) in [7, 11) is 1.58. The summed E-state index contributed by atoms with van der Waals surface area (Å²) in [4.78, 5) is 27.6. The third-order valence-electron chi connectivity index (χ3n) is 6.96. The number of carbonyl (C=O) groups is 2. The van der Waals surface area contributed by atoms with Gasteiger partial charge in [-0.15, -0.1) is 0 Å². The predicted octanol–water partition coefficient (Wildman–Crippen LogP) is 7.70. The number of ether oxygens (including phenoxy) is 3. The Kier molecular flexibility index (Phi) is 7.60. The molecule has 0 spiro atoms. The lowest BCUT2D eigenvalue weighted by molar-refractivity contribution is -0.123. The molecule has 0 saturated carbocycles. The number of fused-ring (bicyclic) bond motifs is 2. The zero-order valence-corrected chi connectivity index (χ0v) is 23.2. The molecule has 1 aliphatic rings. The van der Waals surface area contributed by atoms with Gasteiger partial charge in [0.15, 0.2) is 11.5 Å². The van der Waals surface area contributed by atoms with Crippen LogP contribution in [0.1, 0.15) is 11.1 Å². The summed E-state index contributed by atoms with van der Waals surface area (Å²) in [5, 5.41) is 3.96. The number of benzene rings is 5. The molecule has 0 radical (unpaired) electrons. The van der Waals surface area contributed by atoms with E-state index < -0.39 is 0 Å². The summed E-state index contributed by atoms with van der Waals surface area (Å²) in [5.41, 5.74) is 1.69. The molecule has 0 aliphatic carbocycles. The van der Waals surface area contributed by atoms with Crippen LogP contribution in [0.4, 0.5) is 4.79 Å². The standard InChI is InChI=1S/C34H27NO5S/c1-38-30-18-8-13-25(32(30)40-22-26-14-6-11-23-9-2-4-15-27(23)26)21-31-33(36)35(34(37)41-31)19-20-39-29-17-7-12-24-10-3-5-16-28(24)29/h2-18,21H,19-20,22H2,1H3/b31-21-. The molecule has 7 heteroatoms. The molecule has 0 aromatic heterocycles. The molecule has 5 aromatic rings. The first kappa shape index (κ1) is 26.5. The fourth-order valence-electron chi connectivity index (χ4n) is 4.93. The molecular weight excluding hydrogens is 534 g/mol. The van der Waals surface area contributed by atoms with E-state index in [9.17, 15) is 9.59 Å². The van der Waals surface area contributed by atoms with Crippen LogP contribution in [0.5, 0.6) is 17.2 Å². The van der Waals surface area contributed by atoms with Gasteiger partial charge < -0.3 is 14.2 Å². The predicted molar refractivity (Wildman–Crippen MR) is 163 cm³/mol. The van der Waals surface area contributed by atoms with Crippen LogP contribution in [0, 0.1) is 0 Å². The van der Waals surface area contributed by atoms with Crippen molar-refractivity contribution in [3.8, 4) is 17.2 Å². The Morgan fingerprint density at radius 3 is 2.20 bits per heavy atom. The van der Waals surface area contributed by atoms with Gasteiger partial charge in [0, 0.05) is 10.9 Å². The van der Waals surface area contributed by atoms with Crippen molar-refractivity contribution in [2.24, 2.45) is 0 Å². The lowest BCUT2D eigenvalue weighted by atomic mass is 10.1. The van der Waals surface area contributed by atoms with Crippen molar-refractivity contribution in [3.05, 3.63) is 119 Å². The first-order valence-corrected chi connectivity index (χ1v) is 14.1. The summed E-state index contributed by atoms with van der Waals surface area (Å²) in [6, 6.07) is 33.5. The molecule has 41 heavy (non-hydrogen) atoms.